The number of unbranched alkanes of at least 4 members (excludes halogenated alkanes) is 1. The molecule has 0 heterocycles. The minimum absolute atomic E-state index is 0. The van der Waals surface area contributed by atoms with Crippen molar-refractivity contribution in [2.24, 2.45) is 0 Å². The molecule has 0 radical (unpaired) electrons. The van der Waals surface area contributed by atoms with E-state index in [2.05, 4.69) is 0 Å². The van der Waals surface area contributed by atoms with Crippen molar-refractivity contribution in [2.45, 2.75) is 32.3 Å². The van der Waals surface area contributed by atoms with Crippen LogP contribution in [-0.2, 0) is 0 Å². The zero-order chi connectivity index (χ0) is 11.3. The average molecular weight is 230 g/mol. The first-order valence-corrected chi connectivity index (χ1v) is 5.14. The van der Waals surface area contributed by atoms with Crippen molar-refractivity contribution in [1.82, 2.24) is 0 Å². The summed E-state index contributed by atoms with van der Waals surface area (Å²) in [6.45, 7) is 2.05. The van der Waals surface area contributed by atoms with Crippen LogP contribution in [0.2, 0.25) is 0 Å². The third-order valence-corrected chi connectivity index (χ3v) is 2.34. The van der Waals surface area contributed by atoms with E-state index in [1.54, 1.807) is 12.1 Å². The first kappa shape index (κ1) is 15.7. The summed E-state index contributed by atoms with van der Waals surface area (Å²) in [7, 11) is 0. The summed E-state index contributed by atoms with van der Waals surface area (Å²) in [4.78, 5) is 10.6. The maximum atomic E-state index is 10.6. The summed E-state index contributed by atoms with van der Waals surface area (Å²) in [6.07, 6.45) is 2.02. The molecule has 1 aromatic rings. The molecule has 4 heteroatoms. The molecule has 0 aliphatic heterocycles. The molecule has 1 aromatic carbocycles. The number of aromatic carboxylic acids is 1. The standard InChI is InChI=1S/C12H16O3.Na/c1-2-3-7-11(13)9-5-4-6-10(8-9)12(14)15;/h4-6,8,11,13H,2-3,7H2,1H3,(H,14,15);/q;+1/p-1. The van der Waals surface area contributed by atoms with Crippen LogP contribution in [0.1, 0.15) is 48.2 Å². The zero-order valence-corrected chi connectivity index (χ0v) is 11.8. The predicted octanol–water partition coefficient (Wildman–Crippen LogP) is -1.72. The van der Waals surface area contributed by atoms with Crippen molar-refractivity contribution in [3.63, 3.8) is 0 Å². The van der Waals surface area contributed by atoms with Crippen molar-refractivity contribution in [3.8, 4) is 0 Å². The Morgan fingerprint density at radius 1 is 1.50 bits per heavy atom. The van der Waals surface area contributed by atoms with E-state index in [-0.39, 0.29) is 35.1 Å². The summed E-state index contributed by atoms with van der Waals surface area (Å²) in [5, 5.41) is 20.3. The number of carboxylic acids is 1. The summed E-state index contributed by atoms with van der Waals surface area (Å²) >= 11 is 0. The number of hydrogen-bond donors (Lipinski definition) is 1. The molecule has 0 spiro atoms. The number of carbonyl (C=O) groups excluding carboxylic acids is 1. The fraction of sp³-hybridized carbons (Fsp3) is 0.417. The van der Waals surface area contributed by atoms with Crippen LogP contribution in [0.3, 0.4) is 0 Å². The molecule has 1 atom stereocenters. The van der Waals surface area contributed by atoms with Gasteiger partial charge in [0.25, 0.3) is 0 Å². The van der Waals surface area contributed by atoms with Crippen molar-refractivity contribution < 1.29 is 44.6 Å². The fourth-order valence-corrected chi connectivity index (χ4v) is 1.44. The summed E-state index contributed by atoms with van der Waals surface area (Å²) in [6, 6.07) is 6.28. The Balaban J connectivity index is 0.00000225. The van der Waals surface area contributed by atoms with Crippen molar-refractivity contribution >= 4 is 5.97 Å². The van der Waals surface area contributed by atoms with Crippen molar-refractivity contribution in [2.75, 3.05) is 0 Å². The van der Waals surface area contributed by atoms with Gasteiger partial charge in [0.2, 0.25) is 0 Å². The van der Waals surface area contributed by atoms with Gasteiger partial charge in [0.15, 0.2) is 0 Å². The minimum atomic E-state index is -1.21. The van der Waals surface area contributed by atoms with Gasteiger partial charge < -0.3 is 15.0 Å². The maximum Gasteiger partial charge on any atom is 1.00 e. The molecule has 16 heavy (non-hydrogen) atoms. The van der Waals surface area contributed by atoms with E-state index in [4.69, 9.17) is 0 Å². The normalized spacial score (nSPS) is 11.6. The second-order valence-corrected chi connectivity index (χ2v) is 3.57. The Morgan fingerprint density at radius 3 is 2.75 bits per heavy atom. The number of rotatable bonds is 5. The Morgan fingerprint density at radius 2 is 2.19 bits per heavy atom. The van der Waals surface area contributed by atoms with Crippen LogP contribution in [0.4, 0.5) is 0 Å². The molecular formula is C12H15NaO3. The quantitative estimate of drug-likeness (QED) is 0.612. The van der Waals surface area contributed by atoms with E-state index >= 15 is 0 Å². The molecule has 82 valence electrons. The van der Waals surface area contributed by atoms with Gasteiger partial charge in [0, 0.05) is 0 Å². The molecule has 0 bridgehead atoms. The van der Waals surface area contributed by atoms with E-state index in [0.717, 1.165) is 12.8 Å². The van der Waals surface area contributed by atoms with E-state index in [0.29, 0.717) is 12.0 Å². The molecular weight excluding hydrogens is 215 g/mol. The van der Waals surface area contributed by atoms with Crippen LogP contribution in [0.5, 0.6) is 0 Å². The molecule has 0 fully saturated rings. The predicted molar refractivity (Wildman–Crippen MR) is 55.3 cm³/mol. The van der Waals surface area contributed by atoms with Crippen LogP contribution in [-0.4, -0.2) is 11.1 Å². The van der Waals surface area contributed by atoms with Crippen LogP contribution in [0.15, 0.2) is 24.3 Å². The summed E-state index contributed by atoms with van der Waals surface area (Å²) in [5.74, 6) is -1.21. The van der Waals surface area contributed by atoms with Gasteiger partial charge in [-0.2, -0.15) is 0 Å². The Kier molecular flexibility index (Phi) is 7.68. The molecule has 0 saturated carbocycles. The van der Waals surface area contributed by atoms with Crippen LogP contribution < -0.4 is 34.7 Å². The molecule has 1 rings (SSSR count). The number of hydrogen-bond acceptors (Lipinski definition) is 3. The average Bonchev–Trinajstić information content (AvgIpc) is 2.26. The van der Waals surface area contributed by atoms with Gasteiger partial charge in [-0.25, -0.2) is 0 Å². The monoisotopic (exact) mass is 230 g/mol. The number of aliphatic hydroxyl groups excluding tert-OH is 1. The molecule has 1 unspecified atom stereocenters. The van der Waals surface area contributed by atoms with Crippen molar-refractivity contribution in [1.29, 1.82) is 0 Å². The Labute approximate surface area is 118 Å². The molecule has 0 aromatic heterocycles. The third-order valence-electron chi connectivity index (χ3n) is 2.34. The van der Waals surface area contributed by atoms with Gasteiger partial charge in [-0.3, -0.25) is 0 Å². The van der Waals surface area contributed by atoms with E-state index < -0.39 is 12.1 Å². The molecule has 3 nitrogen and oxygen atoms in total. The smallest absolute Gasteiger partial charge is 0.545 e. The summed E-state index contributed by atoms with van der Waals surface area (Å²) < 4.78 is 0. The van der Waals surface area contributed by atoms with E-state index in [1.807, 2.05) is 6.92 Å². The second-order valence-electron chi connectivity index (χ2n) is 3.57. The van der Waals surface area contributed by atoms with Crippen LogP contribution >= 0.6 is 0 Å². The molecule has 0 aliphatic carbocycles. The fourth-order valence-electron chi connectivity index (χ4n) is 1.44. The summed E-state index contributed by atoms with van der Waals surface area (Å²) in [5.41, 5.74) is 0.758. The van der Waals surface area contributed by atoms with Gasteiger partial charge in [-0.15, -0.1) is 0 Å². The van der Waals surface area contributed by atoms with Crippen LogP contribution in [0, 0.1) is 0 Å². The minimum Gasteiger partial charge on any atom is -0.545 e. The maximum absolute atomic E-state index is 10.6. The molecule has 0 amide bonds. The second kappa shape index (κ2) is 7.85. The molecule has 1 N–H and O–H groups in total. The SMILES string of the molecule is CCCCC(O)c1cccc(C(=O)[O-])c1.[Na+]. The molecule has 0 saturated heterocycles. The Bertz CT molecular complexity index is 339. The van der Waals surface area contributed by atoms with Gasteiger partial charge in [-0.05, 0) is 23.6 Å². The molecule has 0 aliphatic rings. The van der Waals surface area contributed by atoms with Crippen LogP contribution in [0.25, 0.3) is 0 Å². The number of carboxylic acid groups (broad SMARTS) is 1. The topological polar surface area (TPSA) is 60.4 Å². The number of aliphatic hydroxyl groups is 1. The first-order chi connectivity index (χ1) is 7.15. The largest absolute Gasteiger partial charge is 1.00 e. The number of carbonyl (C=O) groups is 1. The first-order valence-electron chi connectivity index (χ1n) is 5.14. The van der Waals surface area contributed by atoms with Gasteiger partial charge in [-0.1, -0.05) is 38.0 Å². The van der Waals surface area contributed by atoms with Crippen molar-refractivity contribution in [3.05, 3.63) is 35.4 Å². The Hall–Kier alpha value is -0.350. The zero-order valence-electron chi connectivity index (χ0n) is 9.77. The van der Waals surface area contributed by atoms with E-state index in [9.17, 15) is 15.0 Å². The number of benzene rings is 1. The third kappa shape index (κ3) is 4.66. The van der Waals surface area contributed by atoms with E-state index in [1.165, 1.54) is 12.1 Å². The van der Waals surface area contributed by atoms with Gasteiger partial charge >= 0.3 is 29.6 Å². The van der Waals surface area contributed by atoms with Gasteiger partial charge in [0.05, 0.1) is 12.1 Å². The van der Waals surface area contributed by atoms with Gasteiger partial charge in [0.1, 0.15) is 0 Å².